The van der Waals surface area contributed by atoms with E-state index in [1.54, 1.807) is 55.5 Å². The minimum Gasteiger partial charge on any atom is -0.326 e. The first-order valence-corrected chi connectivity index (χ1v) is 11.0. The third-order valence-electron chi connectivity index (χ3n) is 5.03. The molecule has 2 heterocycles. The Kier molecular flexibility index (Phi) is 5.34. The standard InChI is InChI=1S/C21H21N5O4S/c1-13-5-3-4-6-19(13)31(29,30)26-11-17-18(12-26)24-25-20(17)23-21(28)15-7-9-16(10-8-15)22-14(2)27/h3-10H,11-12H2,1-2H3,(H,22,27)(H2,23,24,25,28). The second-order valence-electron chi connectivity index (χ2n) is 7.28. The maximum absolute atomic E-state index is 13.1. The number of rotatable bonds is 5. The molecule has 4 rings (SSSR count). The Labute approximate surface area is 179 Å². The van der Waals surface area contributed by atoms with Crippen molar-refractivity contribution >= 4 is 33.3 Å². The summed E-state index contributed by atoms with van der Waals surface area (Å²) in [6.45, 7) is 3.42. The van der Waals surface area contributed by atoms with Crippen molar-refractivity contribution in [3.05, 3.63) is 70.9 Å². The largest absolute Gasteiger partial charge is 0.326 e. The Hall–Kier alpha value is -3.50. The van der Waals surface area contributed by atoms with Crippen molar-refractivity contribution in [2.45, 2.75) is 31.8 Å². The first-order chi connectivity index (χ1) is 14.8. The predicted molar refractivity (Wildman–Crippen MR) is 115 cm³/mol. The lowest BCUT2D eigenvalue weighted by Crippen LogP contribution is -2.27. The van der Waals surface area contributed by atoms with Gasteiger partial charge in [0.2, 0.25) is 15.9 Å². The van der Waals surface area contributed by atoms with Gasteiger partial charge in [-0.1, -0.05) is 18.2 Å². The van der Waals surface area contributed by atoms with Crippen molar-refractivity contribution in [2.24, 2.45) is 0 Å². The molecule has 1 aliphatic heterocycles. The van der Waals surface area contributed by atoms with Crippen LogP contribution in [-0.4, -0.2) is 34.7 Å². The van der Waals surface area contributed by atoms with Crippen molar-refractivity contribution in [1.82, 2.24) is 14.5 Å². The van der Waals surface area contributed by atoms with Gasteiger partial charge in [0, 0.05) is 30.3 Å². The van der Waals surface area contributed by atoms with Crippen LogP contribution in [0, 0.1) is 6.92 Å². The summed E-state index contributed by atoms with van der Waals surface area (Å²) in [7, 11) is -3.68. The molecule has 0 aliphatic carbocycles. The molecule has 3 N–H and O–H groups in total. The fourth-order valence-electron chi connectivity index (χ4n) is 3.46. The zero-order valence-electron chi connectivity index (χ0n) is 17.0. The average Bonchev–Trinajstić information content (AvgIpc) is 3.31. The molecule has 3 aromatic rings. The Morgan fingerprint density at radius 2 is 1.74 bits per heavy atom. The highest BCUT2D eigenvalue weighted by Gasteiger charge is 2.34. The number of sulfonamides is 1. The van der Waals surface area contributed by atoms with Gasteiger partial charge in [0.15, 0.2) is 5.82 Å². The van der Waals surface area contributed by atoms with Crippen LogP contribution in [0.5, 0.6) is 0 Å². The number of nitrogens with one attached hydrogen (secondary N) is 3. The van der Waals surface area contributed by atoms with Crippen molar-refractivity contribution in [2.75, 3.05) is 10.6 Å². The highest BCUT2D eigenvalue weighted by atomic mass is 32.2. The smallest absolute Gasteiger partial charge is 0.256 e. The molecule has 0 fully saturated rings. The lowest BCUT2D eigenvalue weighted by molar-refractivity contribution is -0.114. The summed E-state index contributed by atoms with van der Waals surface area (Å²) in [6, 6.07) is 13.3. The summed E-state index contributed by atoms with van der Waals surface area (Å²) in [5.41, 5.74) is 2.93. The summed E-state index contributed by atoms with van der Waals surface area (Å²) in [6.07, 6.45) is 0. The minimum atomic E-state index is -3.68. The molecule has 1 aromatic heterocycles. The molecule has 2 amide bonds. The number of benzene rings is 2. The fraction of sp³-hybridized carbons (Fsp3) is 0.190. The van der Waals surface area contributed by atoms with Gasteiger partial charge in [0.1, 0.15) is 0 Å². The maximum Gasteiger partial charge on any atom is 0.256 e. The molecule has 0 spiro atoms. The third kappa shape index (κ3) is 4.07. The molecule has 0 unspecified atom stereocenters. The van der Waals surface area contributed by atoms with E-state index in [2.05, 4.69) is 20.8 Å². The molecule has 9 nitrogen and oxygen atoms in total. The molecule has 2 aromatic carbocycles. The van der Waals surface area contributed by atoms with E-state index in [1.807, 2.05) is 0 Å². The van der Waals surface area contributed by atoms with Crippen LogP contribution in [0.15, 0.2) is 53.4 Å². The monoisotopic (exact) mass is 439 g/mol. The molecular formula is C21H21N5O4S. The minimum absolute atomic E-state index is 0.111. The van der Waals surface area contributed by atoms with Crippen LogP contribution in [0.25, 0.3) is 0 Å². The number of aryl methyl sites for hydroxylation is 1. The molecule has 160 valence electrons. The Morgan fingerprint density at radius 1 is 1.03 bits per heavy atom. The topological polar surface area (TPSA) is 124 Å². The first kappa shape index (κ1) is 20.8. The van der Waals surface area contributed by atoms with E-state index in [4.69, 9.17) is 0 Å². The van der Waals surface area contributed by atoms with E-state index in [-0.39, 0.29) is 29.8 Å². The van der Waals surface area contributed by atoms with Gasteiger partial charge >= 0.3 is 0 Å². The molecule has 0 radical (unpaired) electrons. The van der Waals surface area contributed by atoms with Crippen molar-refractivity contribution in [3.63, 3.8) is 0 Å². The van der Waals surface area contributed by atoms with Crippen molar-refractivity contribution in [3.8, 4) is 0 Å². The van der Waals surface area contributed by atoms with Crippen molar-refractivity contribution < 1.29 is 18.0 Å². The Bertz CT molecular complexity index is 1270. The molecule has 0 bridgehead atoms. The number of hydrogen-bond donors (Lipinski definition) is 3. The van der Waals surface area contributed by atoms with Gasteiger partial charge in [0.25, 0.3) is 5.91 Å². The quantitative estimate of drug-likeness (QED) is 0.564. The van der Waals surface area contributed by atoms with Gasteiger partial charge in [-0.25, -0.2) is 8.42 Å². The maximum atomic E-state index is 13.1. The summed E-state index contributed by atoms with van der Waals surface area (Å²) < 4.78 is 27.5. The summed E-state index contributed by atoms with van der Waals surface area (Å²) in [5.74, 6) is -0.285. The number of fused-ring (bicyclic) bond motifs is 1. The fourth-order valence-corrected chi connectivity index (χ4v) is 5.06. The molecule has 1 aliphatic rings. The highest BCUT2D eigenvalue weighted by molar-refractivity contribution is 7.89. The molecule has 31 heavy (non-hydrogen) atoms. The van der Waals surface area contributed by atoms with Crippen LogP contribution in [0.3, 0.4) is 0 Å². The number of hydrogen-bond acceptors (Lipinski definition) is 5. The van der Waals surface area contributed by atoms with E-state index >= 15 is 0 Å². The highest BCUT2D eigenvalue weighted by Crippen LogP contribution is 2.32. The number of nitrogens with zero attached hydrogens (tertiary/aromatic N) is 2. The summed E-state index contributed by atoms with van der Waals surface area (Å²) in [4.78, 5) is 24.0. The van der Waals surface area contributed by atoms with Crippen LogP contribution in [-0.2, 0) is 27.9 Å². The number of carbonyl (C=O) groups is 2. The summed E-state index contributed by atoms with van der Waals surface area (Å²) >= 11 is 0. The SMILES string of the molecule is CC(=O)Nc1ccc(C(=O)Nc2n[nH]c3c2CN(S(=O)(=O)c2ccccc2C)C3)cc1. The molecular weight excluding hydrogens is 418 g/mol. The number of anilines is 2. The normalized spacial score (nSPS) is 13.6. The number of amides is 2. The van der Waals surface area contributed by atoms with E-state index in [9.17, 15) is 18.0 Å². The average molecular weight is 439 g/mol. The predicted octanol–water partition coefficient (Wildman–Crippen LogP) is 2.63. The zero-order valence-corrected chi connectivity index (χ0v) is 17.8. The van der Waals surface area contributed by atoms with Crippen LogP contribution in [0.1, 0.15) is 34.1 Å². The van der Waals surface area contributed by atoms with E-state index in [0.29, 0.717) is 33.9 Å². The zero-order chi connectivity index (χ0) is 22.2. The van der Waals surface area contributed by atoms with Gasteiger partial charge in [-0.05, 0) is 42.8 Å². The molecule has 0 saturated carbocycles. The number of H-pyrrole nitrogens is 1. The van der Waals surface area contributed by atoms with Crippen molar-refractivity contribution in [1.29, 1.82) is 0 Å². The van der Waals surface area contributed by atoms with Crippen LogP contribution in [0.2, 0.25) is 0 Å². The van der Waals surface area contributed by atoms with Crippen LogP contribution >= 0.6 is 0 Å². The van der Waals surface area contributed by atoms with Crippen LogP contribution < -0.4 is 10.6 Å². The van der Waals surface area contributed by atoms with Gasteiger partial charge in [0.05, 0.1) is 17.1 Å². The van der Waals surface area contributed by atoms with E-state index < -0.39 is 10.0 Å². The Morgan fingerprint density at radius 3 is 2.42 bits per heavy atom. The summed E-state index contributed by atoms with van der Waals surface area (Å²) in [5, 5.41) is 12.3. The number of carbonyl (C=O) groups excluding carboxylic acids is 2. The lowest BCUT2D eigenvalue weighted by atomic mass is 10.2. The van der Waals surface area contributed by atoms with E-state index in [1.165, 1.54) is 11.2 Å². The Balaban J connectivity index is 1.50. The van der Waals surface area contributed by atoms with E-state index in [0.717, 1.165) is 0 Å². The third-order valence-corrected chi connectivity index (χ3v) is 6.98. The van der Waals surface area contributed by atoms with Gasteiger partial charge in [-0.2, -0.15) is 9.40 Å². The van der Waals surface area contributed by atoms with Gasteiger partial charge in [-0.15, -0.1) is 0 Å². The lowest BCUT2D eigenvalue weighted by Gasteiger charge is -2.17. The van der Waals surface area contributed by atoms with Crippen LogP contribution in [0.4, 0.5) is 11.5 Å². The number of aromatic amines is 1. The van der Waals surface area contributed by atoms with Gasteiger partial charge < -0.3 is 10.6 Å². The molecule has 0 atom stereocenters. The second kappa shape index (κ2) is 7.97. The second-order valence-corrected chi connectivity index (χ2v) is 9.19. The molecule has 10 heteroatoms. The molecule has 0 saturated heterocycles. The number of aromatic nitrogens is 2. The first-order valence-electron chi connectivity index (χ1n) is 9.56. The van der Waals surface area contributed by atoms with Gasteiger partial charge in [-0.3, -0.25) is 14.7 Å².